The molecule has 0 saturated carbocycles. The van der Waals surface area contributed by atoms with Gasteiger partial charge in [0.1, 0.15) is 0 Å². The topological polar surface area (TPSA) is 190 Å². The molecular formula is Bi2Cr3O9. The monoisotopic (exact) mass is 718 g/mol. The summed E-state index contributed by atoms with van der Waals surface area (Å²) in [6.45, 7) is 0. The molecule has 0 aromatic heterocycles. The first-order valence-electron chi connectivity index (χ1n) is 1.50. The van der Waals surface area contributed by atoms with Crippen molar-refractivity contribution in [2.75, 3.05) is 0 Å². The van der Waals surface area contributed by atoms with Crippen LogP contribution in [-0.4, -0.2) is 52.4 Å². The normalized spacial score (nSPS) is 7.50. The van der Waals surface area contributed by atoms with Crippen molar-refractivity contribution in [1.82, 2.24) is 0 Å². The third-order valence-corrected chi connectivity index (χ3v) is 0. The molecule has 0 N–H and O–H groups in total. The summed E-state index contributed by atoms with van der Waals surface area (Å²) in [5.41, 5.74) is 0. The van der Waals surface area contributed by atoms with Crippen molar-refractivity contribution in [1.29, 1.82) is 0 Å². The van der Waals surface area contributed by atoms with Gasteiger partial charge in [0.05, 0.1) is 0 Å². The maximum absolute atomic E-state index is 8.54. The summed E-state index contributed by atoms with van der Waals surface area (Å²) in [5, 5.41) is 0. The van der Waals surface area contributed by atoms with Gasteiger partial charge < -0.3 is 0 Å². The molecule has 14 heavy (non-hydrogen) atoms. The fraction of sp³-hybridized carbons (Fsp3) is 0. The van der Waals surface area contributed by atoms with E-state index in [0.717, 1.165) is 0 Å². The van der Waals surface area contributed by atoms with E-state index in [0.29, 0.717) is 0 Å². The van der Waals surface area contributed by atoms with Crippen LogP contribution in [0.25, 0.3) is 0 Å². The Balaban J connectivity index is -0.0000000270. The zero-order valence-electron chi connectivity index (χ0n) is 5.79. The van der Waals surface area contributed by atoms with Gasteiger partial charge in [0.15, 0.2) is 0 Å². The van der Waals surface area contributed by atoms with Crippen LogP contribution in [0.15, 0.2) is 0 Å². The molecule has 0 aromatic rings. The first-order valence-corrected chi connectivity index (χ1v) is 6.18. The molecule has 0 unspecified atom stereocenters. The summed E-state index contributed by atoms with van der Waals surface area (Å²) < 4.78 is 76.9. The predicted octanol–water partition coefficient (Wildman–Crippen LogP) is -8.26. The summed E-state index contributed by atoms with van der Waals surface area (Å²) in [6, 6.07) is 0. The van der Waals surface area contributed by atoms with Crippen LogP contribution in [0.4, 0.5) is 0 Å². The van der Waals surface area contributed by atoms with Crippen molar-refractivity contribution in [2.45, 2.75) is 0 Å². The molecule has 0 atom stereocenters. The van der Waals surface area contributed by atoms with Crippen molar-refractivity contribution in [3.05, 3.63) is 0 Å². The van der Waals surface area contributed by atoms with Crippen LogP contribution in [0.1, 0.15) is 0 Å². The van der Waals surface area contributed by atoms with E-state index in [1.807, 2.05) is 0 Å². The minimum absolute atomic E-state index is 0. The second kappa shape index (κ2) is 24.7. The van der Waals surface area contributed by atoms with E-state index in [9.17, 15) is 0 Å². The molecule has 82 valence electrons. The first kappa shape index (κ1) is 30.0. The fourth-order valence-corrected chi connectivity index (χ4v) is 0. The molecule has 0 heterocycles. The van der Waals surface area contributed by atoms with Gasteiger partial charge in [-0.05, 0) is 0 Å². The molecule has 4 radical (unpaired) electrons. The van der Waals surface area contributed by atoms with Crippen molar-refractivity contribution in [3.63, 3.8) is 0 Å². The number of hydrogen-bond donors (Lipinski definition) is 0. The average molecular weight is 718 g/mol. The summed E-state index contributed by atoms with van der Waals surface area (Å²) >= 11 is -11.4. The van der Waals surface area contributed by atoms with Gasteiger partial charge in [-0.15, -0.1) is 0 Å². The molecule has 0 amide bonds. The summed E-state index contributed by atoms with van der Waals surface area (Å²) in [6.07, 6.45) is 0. The Labute approximate surface area is 131 Å². The van der Waals surface area contributed by atoms with E-state index in [4.69, 9.17) is 36.4 Å². The van der Waals surface area contributed by atoms with Gasteiger partial charge in [-0.2, -0.15) is 0 Å². The van der Waals surface area contributed by atoms with Gasteiger partial charge in [0, 0.05) is 0 Å². The van der Waals surface area contributed by atoms with E-state index in [-0.39, 0.29) is 52.4 Å². The van der Waals surface area contributed by atoms with Crippen LogP contribution in [0.3, 0.4) is 0 Å². The SMILES string of the molecule is [Bi+3].[Bi+3].[O]=[Cr]([O-])[O-].[O]=[Cr]([O-])[O-].[O]=[Cr]([O-])[O-]. The molecule has 0 bridgehead atoms. The predicted molar refractivity (Wildman–Crippen MR) is 13.6 cm³/mol. The Morgan fingerprint density at radius 1 is 0.500 bits per heavy atom. The third-order valence-electron chi connectivity index (χ3n) is 0. The van der Waals surface area contributed by atoms with Crippen molar-refractivity contribution in [2.24, 2.45) is 0 Å². The molecule has 9 nitrogen and oxygen atoms in total. The molecule has 0 spiro atoms. The van der Waals surface area contributed by atoms with Crippen LogP contribution in [0.5, 0.6) is 0 Å². The Morgan fingerprint density at radius 3 is 0.500 bits per heavy atom. The quantitative estimate of drug-likeness (QED) is 0.219. The van der Waals surface area contributed by atoms with E-state index < -0.39 is 44.3 Å². The number of rotatable bonds is 0. The molecule has 0 aliphatic heterocycles. The Hall–Kier alpha value is 2.52. The van der Waals surface area contributed by atoms with Crippen LogP contribution in [0, 0.1) is 0 Å². The maximum atomic E-state index is 8.54. The molecule has 0 fully saturated rings. The Kier molecular flexibility index (Phi) is 52.8. The standard InChI is InChI=1S/2Bi.3Cr.9O/q2*+3;;;;;;;6*-1. The van der Waals surface area contributed by atoms with Gasteiger partial charge in [-0.25, -0.2) is 0 Å². The van der Waals surface area contributed by atoms with Crippen LogP contribution in [0.2, 0.25) is 0 Å². The fourth-order valence-electron chi connectivity index (χ4n) is 0. The summed E-state index contributed by atoms with van der Waals surface area (Å²) in [5.74, 6) is 0. The van der Waals surface area contributed by atoms with Crippen molar-refractivity contribution in [3.8, 4) is 0 Å². The van der Waals surface area contributed by atoms with E-state index in [1.165, 1.54) is 0 Å². The molecule has 0 aromatic carbocycles. The van der Waals surface area contributed by atoms with Gasteiger partial charge >= 0.3 is 133 Å². The molecule has 0 aliphatic rings. The molecule has 0 aliphatic carbocycles. The van der Waals surface area contributed by atoms with Crippen LogP contribution < -0.4 is 24.9 Å². The van der Waals surface area contributed by atoms with Crippen molar-refractivity contribution < 1.29 is 80.6 Å². The minimum atomic E-state index is -3.79. The van der Waals surface area contributed by atoms with Gasteiger partial charge in [-0.3, -0.25) is 0 Å². The van der Waals surface area contributed by atoms with Crippen LogP contribution in [-0.2, 0) is 55.7 Å². The summed E-state index contributed by atoms with van der Waals surface area (Å²) in [7, 11) is 0. The second-order valence-corrected chi connectivity index (χ2v) is 2.52. The van der Waals surface area contributed by atoms with E-state index in [2.05, 4.69) is 0 Å². The third kappa shape index (κ3) is 417. The number of hydrogen-bond acceptors (Lipinski definition) is 9. The molecule has 0 saturated heterocycles. The zero-order valence-corrected chi connectivity index (χ0v) is 16.6. The van der Waals surface area contributed by atoms with Gasteiger partial charge in [0.25, 0.3) is 0 Å². The Morgan fingerprint density at radius 2 is 0.500 bits per heavy atom. The van der Waals surface area contributed by atoms with Crippen LogP contribution >= 0.6 is 0 Å². The Bertz CT molecular complexity index is 116. The first-order chi connectivity index (χ1) is 5.20. The van der Waals surface area contributed by atoms with Gasteiger partial charge in [0.2, 0.25) is 0 Å². The molecule has 0 rings (SSSR count). The van der Waals surface area contributed by atoms with Crippen molar-refractivity contribution >= 4 is 52.4 Å². The summed E-state index contributed by atoms with van der Waals surface area (Å²) in [4.78, 5) is 0. The molecule has 14 heteroatoms. The average Bonchev–Trinajstić information content (AvgIpc) is 1.54. The zero-order chi connectivity index (χ0) is 10.7. The van der Waals surface area contributed by atoms with Gasteiger partial charge in [-0.1, -0.05) is 0 Å². The molecular weight excluding hydrogens is 718 g/mol. The van der Waals surface area contributed by atoms with E-state index >= 15 is 0 Å². The second-order valence-electron chi connectivity index (χ2n) is 0.612. The van der Waals surface area contributed by atoms with E-state index in [1.54, 1.807) is 0 Å².